The maximum Gasteiger partial charge on any atom is 0.385 e. The van der Waals surface area contributed by atoms with Gasteiger partial charge >= 0.3 is 5.97 Å². The van der Waals surface area contributed by atoms with Gasteiger partial charge in [0.1, 0.15) is 6.61 Å². The Balaban J connectivity index is 2.57. The Morgan fingerprint density at radius 2 is 1.03 bits per heavy atom. The number of hydrogen-bond donors (Lipinski definition) is 0. The molecule has 0 aliphatic heterocycles. The third-order valence-corrected chi connectivity index (χ3v) is 3.76. The van der Waals surface area contributed by atoms with Gasteiger partial charge in [0.15, 0.2) is 11.6 Å². The number of carbonyl (C=O) groups excluding carboxylic acids is 3. The Kier molecular flexibility index (Phi) is 10.7. The van der Waals surface area contributed by atoms with Gasteiger partial charge in [-0.15, -0.1) is 0 Å². The van der Waals surface area contributed by atoms with Crippen molar-refractivity contribution in [1.29, 1.82) is 0 Å². The SMILES string of the molecule is CC#CC#CC#CC#CC#CC#CC#CC#CC(=O)OCC1=C(C)C(=O)C(C)=C(C)C1=O. The average molecular weight is 414 g/mol. The van der Waals surface area contributed by atoms with Crippen LogP contribution in [0.3, 0.4) is 0 Å². The number of hydrogen-bond acceptors (Lipinski definition) is 4. The first-order valence-electron chi connectivity index (χ1n) is 8.96. The Hall–Kier alpha value is -5.23. The minimum Gasteiger partial charge on any atom is -0.451 e. The maximum absolute atomic E-state index is 12.2. The maximum atomic E-state index is 12.2. The lowest BCUT2D eigenvalue weighted by atomic mass is 9.86. The summed E-state index contributed by atoms with van der Waals surface area (Å²) in [5, 5.41) is 0. The molecular weight excluding hydrogens is 400 g/mol. The van der Waals surface area contributed by atoms with Crippen LogP contribution in [-0.4, -0.2) is 24.1 Å². The van der Waals surface area contributed by atoms with Crippen LogP contribution >= 0.6 is 0 Å². The predicted octanol–water partition coefficient (Wildman–Crippen LogP) is 1.38. The molecule has 0 heterocycles. The van der Waals surface area contributed by atoms with Crippen LogP contribution in [0, 0.1) is 94.7 Å². The summed E-state index contributed by atoms with van der Waals surface area (Å²) in [7, 11) is 0. The Bertz CT molecular complexity index is 1430. The molecule has 0 N–H and O–H groups in total. The summed E-state index contributed by atoms with van der Waals surface area (Å²) in [6, 6.07) is 0. The van der Waals surface area contributed by atoms with E-state index in [1.54, 1.807) is 20.8 Å². The molecule has 0 aromatic heterocycles. The molecule has 0 saturated heterocycles. The topological polar surface area (TPSA) is 60.4 Å². The molecule has 32 heavy (non-hydrogen) atoms. The van der Waals surface area contributed by atoms with E-state index >= 15 is 0 Å². The van der Waals surface area contributed by atoms with Gasteiger partial charge in [-0.2, -0.15) is 0 Å². The molecule has 4 nitrogen and oxygen atoms in total. The third-order valence-electron chi connectivity index (χ3n) is 3.76. The molecule has 1 aliphatic carbocycles. The highest BCUT2D eigenvalue weighted by molar-refractivity contribution is 6.24. The number of allylic oxidation sites excluding steroid dienone is 3. The minimum atomic E-state index is -0.876. The lowest BCUT2D eigenvalue weighted by Gasteiger charge is -2.17. The van der Waals surface area contributed by atoms with Crippen LogP contribution in [0.2, 0.25) is 0 Å². The van der Waals surface area contributed by atoms with Crippen LogP contribution in [0.5, 0.6) is 0 Å². The van der Waals surface area contributed by atoms with Gasteiger partial charge in [-0.1, -0.05) is 5.92 Å². The number of Topliss-reactive ketones (excluding diaryl/α,β-unsaturated/α-hetero) is 2. The van der Waals surface area contributed by atoms with Gasteiger partial charge < -0.3 is 4.74 Å². The fourth-order valence-electron chi connectivity index (χ4n) is 2.02. The summed E-state index contributed by atoms with van der Waals surface area (Å²) in [5.41, 5.74) is 1.16. The molecule has 0 bridgehead atoms. The van der Waals surface area contributed by atoms with Gasteiger partial charge in [-0.3, -0.25) is 9.59 Å². The minimum absolute atomic E-state index is 0.150. The van der Waals surface area contributed by atoms with E-state index in [0.717, 1.165) is 0 Å². The van der Waals surface area contributed by atoms with Crippen molar-refractivity contribution >= 4 is 17.5 Å². The van der Waals surface area contributed by atoms with Crippen LogP contribution in [0.25, 0.3) is 0 Å². The highest BCUT2D eigenvalue weighted by atomic mass is 16.5. The van der Waals surface area contributed by atoms with E-state index < -0.39 is 5.97 Å². The molecule has 0 radical (unpaired) electrons. The second kappa shape index (κ2) is 13.9. The summed E-state index contributed by atoms with van der Waals surface area (Å²) in [5.74, 6) is 37.6. The average Bonchev–Trinajstić information content (AvgIpc) is 2.79. The molecule has 0 fully saturated rings. The zero-order valence-electron chi connectivity index (χ0n) is 17.8. The van der Waals surface area contributed by atoms with E-state index in [0.29, 0.717) is 11.1 Å². The molecule has 1 rings (SSSR count). The summed E-state index contributed by atoms with van der Waals surface area (Å²) >= 11 is 0. The Morgan fingerprint density at radius 1 is 0.625 bits per heavy atom. The molecule has 1 aliphatic rings. The molecule has 0 atom stereocenters. The molecule has 0 aromatic carbocycles. The van der Waals surface area contributed by atoms with Crippen LogP contribution in [0.1, 0.15) is 27.7 Å². The van der Waals surface area contributed by atoms with Gasteiger partial charge in [-0.25, -0.2) is 4.79 Å². The first-order chi connectivity index (χ1) is 15.4. The monoisotopic (exact) mass is 414 g/mol. The van der Waals surface area contributed by atoms with Crippen molar-refractivity contribution in [2.75, 3.05) is 6.61 Å². The fourth-order valence-corrected chi connectivity index (χ4v) is 2.02. The molecule has 0 aromatic rings. The molecule has 150 valence electrons. The van der Waals surface area contributed by atoms with E-state index in [2.05, 4.69) is 94.7 Å². The molecule has 4 heteroatoms. The van der Waals surface area contributed by atoms with E-state index in [4.69, 9.17) is 4.74 Å². The summed E-state index contributed by atoms with van der Waals surface area (Å²) in [6.45, 7) is 6.02. The first-order valence-corrected chi connectivity index (χ1v) is 8.96. The summed E-state index contributed by atoms with van der Waals surface area (Å²) < 4.78 is 4.94. The quantitative estimate of drug-likeness (QED) is 0.297. The number of carbonyl (C=O) groups is 3. The number of rotatable bonds is 2. The van der Waals surface area contributed by atoms with E-state index in [-0.39, 0.29) is 29.3 Å². The van der Waals surface area contributed by atoms with Gasteiger partial charge in [0.2, 0.25) is 0 Å². The molecular formula is C28H14O4. The van der Waals surface area contributed by atoms with Crippen molar-refractivity contribution in [3.8, 4) is 94.7 Å². The standard InChI is InChI=1S/C28H14O4/c1-5-6-7-8-9-10-11-12-13-14-15-16-17-18-19-20-26(29)32-21-25-24(4)27(30)22(2)23(3)28(25)31/h21H2,1-4H3. The lowest BCUT2D eigenvalue weighted by Crippen LogP contribution is -2.24. The van der Waals surface area contributed by atoms with Crippen molar-refractivity contribution in [3.05, 3.63) is 22.3 Å². The zero-order valence-corrected chi connectivity index (χ0v) is 17.8. The van der Waals surface area contributed by atoms with Crippen molar-refractivity contribution in [2.24, 2.45) is 0 Å². The van der Waals surface area contributed by atoms with Crippen molar-refractivity contribution < 1.29 is 19.1 Å². The highest BCUT2D eigenvalue weighted by Gasteiger charge is 2.28. The molecule has 0 saturated carbocycles. The van der Waals surface area contributed by atoms with Gasteiger partial charge in [0.25, 0.3) is 0 Å². The summed E-state index contributed by atoms with van der Waals surface area (Å²) in [6.07, 6.45) is 0. The second-order valence-electron chi connectivity index (χ2n) is 5.71. The normalized spacial score (nSPS) is 10.5. The second-order valence-corrected chi connectivity index (χ2v) is 5.71. The van der Waals surface area contributed by atoms with E-state index in [1.165, 1.54) is 6.92 Å². The fraction of sp³-hybridized carbons (Fsp3) is 0.179. The number of esters is 1. The third kappa shape index (κ3) is 8.42. The predicted molar refractivity (Wildman–Crippen MR) is 120 cm³/mol. The lowest BCUT2D eigenvalue weighted by molar-refractivity contribution is -0.136. The van der Waals surface area contributed by atoms with Crippen LogP contribution in [0.4, 0.5) is 0 Å². The van der Waals surface area contributed by atoms with Gasteiger partial charge in [0, 0.05) is 28.2 Å². The van der Waals surface area contributed by atoms with Gasteiger partial charge in [-0.05, 0) is 111 Å². The van der Waals surface area contributed by atoms with E-state index in [1.807, 2.05) is 0 Å². The smallest absolute Gasteiger partial charge is 0.385 e. The van der Waals surface area contributed by atoms with Crippen LogP contribution < -0.4 is 0 Å². The van der Waals surface area contributed by atoms with E-state index in [9.17, 15) is 14.4 Å². The van der Waals surface area contributed by atoms with Crippen LogP contribution in [-0.2, 0) is 19.1 Å². The van der Waals surface area contributed by atoms with Crippen molar-refractivity contribution in [2.45, 2.75) is 27.7 Å². The highest BCUT2D eigenvalue weighted by Crippen LogP contribution is 2.24. The summed E-state index contributed by atoms with van der Waals surface area (Å²) in [4.78, 5) is 36.0. The van der Waals surface area contributed by atoms with Gasteiger partial charge in [0.05, 0.1) is 0 Å². The Morgan fingerprint density at radius 3 is 1.50 bits per heavy atom. The zero-order chi connectivity index (χ0) is 23.8. The van der Waals surface area contributed by atoms with Crippen molar-refractivity contribution in [3.63, 3.8) is 0 Å². The van der Waals surface area contributed by atoms with Crippen LogP contribution in [0.15, 0.2) is 22.3 Å². The number of ketones is 2. The largest absolute Gasteiger partial charge is 0.451 e. The first kappa shape index (κ1) is 24.8. The Labute approximate surface area is 188 Å². The molecule has 0 spiro atoms. The number of ether oxygens (including phenoxy) is 1. The molecule has 0 amide bonds. The van der Waals surface area contributed by atoms with Crippen molar-refractivity contribution in [1.82, 2.24) is 0 Å². The molecule has 0 unspecified atom stereocenters.